The van der Waals surface area contributed by atoms with E-state index in [-0.39, 0.29) is 12.6 Å². The summed E-state index contributed by atoms with van der Waals surface area (Å²) in [4.78, 5) is 23.4. The number of hydrazine groups is 1. The quantitative estimate of drug-likeness (QED) is 0.738. The number of aryl methyl sites for hydroxylation is 1. The molecule has 0 aliphatic heterocycles. The monoisotopic (exact) mass is 339 g/mol. The predicted octanol–water partition coefficient (Wildman–Crippen LogP) is 2.69. The Hall–Kier alpha value is -1.95. The van der Waals surface area contributed by atoms with Gasteiger partial charge in [0.1, 0.15) is 5.75 Å². The van der Waals surface area contributed by atoms with Gasteiger partial charge in [0.05, 0.1) is 0 Å². The zero-order valence-electron chi connectivity index (χ0n) is 13.2. The Morgan fingerprint density at radius 2 is 1.96 bits per heavy atom. The van der Waals surface area contributed by atoms with Crippen molar-refractivity contribution in [2.75, 3.05) is 6.61 Å². The van der Waals surface area contributed by atoms with Crippen LogP contribution in [0.3, 0.4) is 0 Å². The Kier molecular flexibility index (Phi) is 6.52. The van der Waals surface area contributed by atoms with E-state index in [9.17, 15) is 9.59 Å². The average Bonchev–Trinajstić information content (AvgIpc) is 2.53. The molecule has 126 valence electrons. The van der Waals surface area contributed by atoms with Gasteiger partial charge in [-0.25, -0.2) is 10.2 Å². The molecule has 0 radical (unpaired) electrons. The molecule has 0 unspecified atom stereocenters. The first kappa shape index (κ1) is 17.4. The topological polar surface area (TPSA) is 79.5 Å². The summed E-state index contributed by atoms with van der Waals surface area (Å²) >= 11 is 5.85. The molecule has 1 fully saturated rings. The molecule has 23 heavy (non-hydrogen) atoms. The number of rotatable bonds is 4. The highest BCUT2D eigenvalue weighted by molar-refractivity contribution is 6.30. The van der Waals surface area contributed by atoms with Crippen LogP contribution in [0.4, 0.5) is 4.79 Å². The molecule has 0 spiro atoms. The molecule has 2 rings (SSSR count). The molecule has 3 N–H and O–H groups in total. The molecule has 0 atom stereocenters. The second-order valence-corrected chi connectivity index (χ2v) is 6.12. The van der Waals surface area contributed by atoms with Crippen molar-refractivity contribution in [3.8, 4) is 5.75 Å². The molecule has 3 amide bonds. The van der Waals surface area contributed by atoms with Gasteiger partial charge in [0.25, 0.3) is 5.91 Å². The highest BCUT2D eigenvalue weighted by Crippen LogP contribution is 2.21. The maximum absolute atomic E-state index is 11.7. The zero-order chi connectivity index (χ0) is 16.7. The summed E-state index contributed by atoms with van der Waals surface area (Å²) in [7, 11) is 0. The summed E-state index contributed by atoms with van der Waals surface area (Å²) < 4.78 is 5.39. The van der Waals surface area contributed by atoms with Crippen LogP contribution in [0.15, 0.2) is 18.2 Å². The van der Waals surface area contributed by atoms with Crippen LogP contribution in [0.1, 0.15) is 37.7 Å². The van der Waals surface area contributed by atoms with Gasteiger partial charge in [0, 0.05) is 11.1 Å². The number of ether oxygens (including phenoxy) is 1. The van der Waals surface area contributed by atoms with E-state index in [2.05, 4.69) is 16.2 Å². The van der Waals surface area contributed by atoms with E-state index >= 15 is 0 Å². The number of nitrogens with one attached hydrogen (secondary N) is 3. The standard InChI is InChI=1S/C16H22ClN3O3/c1-11-9-12(17)7-8-14(11)23-10-15(21)19-20-16(22)18-13-5-3-2-4-6-13/h7-9,13H,2-6,10H2,1H3,(H,19,21)(H2,18,20,22). The number of urea groups is 1. The van der Waals surface area contributed by atoms with Gasteiger partial charge >= 0.3 is 6.03 Å². The fourth-order valence-corrected chi connectivity index (χ4v) is 2.78. The molecule has 6 nitrogen and oxygen atoms in total. The van der Waals surface area contributed by atoms with E-state index in [4.69, 9.17) is 16.3 Å². The lowest BCUT2D eigenvalue weighted by atomic mass is 9.96. The third-order valence-corrected chi connectivity index (χ3v) is 3.99. The number of halogens is 1. The molecule has 0 aromatic heterocycles. The van der Waals surface area contributed by atoms with E-state index in [1.807, 2.05) is 6.92 Å². The van der Waals surface area contributed by atoms with Crippen molar-refractivity contribution in [3.05, 3.63) is 28.8 Å². The second-order valence-electron chi connectivity index (χ2n) is 5.68. The second kappa shape index (κ2) is 8.62. The Morgan fingerprint density at radius 3 is 2.65 bits per heavy atom. The van der Waals surface area contributed by atoms with Crippen LogP contribution in [0, 0.1) is 6.92 Å². The molecule has 1 saturated carbocycles. The van der Waals surface area contributed by atoms with Crippen molar-refractivity contribution in [3.63, 3.8) is 0 Å². The molecular weight excluding hydrogens is 318 g/mol. The highest BCUT2D eigenvalue weighted by atomic mass is 35.5. The van der Waals surface area contributed by atoms with Gasteiger partial charge in [-0.3, -0.25) is 10.2 Å². The lowest BCUT2D eigenvalue weighted by molar-refractivity contribution is -0.123. The van der Waals surface area contributed by atoms with Crippen molar-refractivity contribution >= 4 is 23.5 Å². The fraction of sp³-hybridized carbons (Fsp3) is 0.500. The van der Waals surface area contributed by atoms with Crippen molar-refractivity contribution in [2.24, 2.45) is 0 Å². The molecule has 1 aliphatic rings. The number of benzene rings is 1. The number of hydrogen-bond donors (Lipinski definition) is 3. The Balaban J connectivity index is 1.67. The van der Waals surface area contributed by atoms with Gasteiger partial charge in [-0.1, -0.05) is 30.9 Å². The van der Waals surface area contributed by atoms with Crippen LogP contribution in [-0.4, -0.2) is 24.6 Å². The van der Waals surface area contributed by atoms with Crippen LogP contribution >= 0.6 is 11.6 Å². The molecule has 0 saturated heterocycles. The summed E-state index contributed by atoms with van der Waals surface area (Å²) in [6, 6.07) is 4.94. The SMILES string of the molecule is Cc1cc(Cl)ccc1OCC(=O)NNC(=O)NC1CCCCC1. The fourth-order valence-electron chi connectivity index (χ4n) is 2.55. The van der Waals surface area contributed by atoms with Gasteiger partial charge in [-0.05, 0) is 43.5 Å². The molecule has 0 bridgehead atoms. The summed E-state index contributed by atoms with van der Waals surface area (Å²) in [5.74, 6) is 0.148. The minimum atomic E-state index is -0.432. The van der Waals surface area contributed by atoms with E-state index in [0.717, 1.165) is 31.2 Å². The molecule has 0 heterocycles. The molecule has 1 aromatic rings. The minimum Gasteiger partial charge on any atom is -0.483 e. The van der Waals surface area contributed by atoms with Crippen molar-refractivity contribution in [1.82, 2.24) is 16.2 Å². The summed E-state index contributed by atoms with van der Waals surface area (Å²) in [5.41, 5.74) is 5.50. The number of amides is 3. The molecular formula is C16H22ClN3O3. The van der Waals surface area contributed by atoms with Gasteiger partial charge in [0.15, 0.2) is 6.61 Å². The maximum Gasteiger partial charge on any atom is 0.333 e. The third-order valence-electron chi connectivity index (χ3n) is 3.75. The van der Waals surface area contributed by atoms with Crippen molar-refractivity contribution < 1.29 is 14.3 Å². The van der Waals surface area contributed by atoms with Crippen LogP contribution in [0.2, 0.25) is 5.02 Å². The predicted molar refractivity (Wildman–Crippen MR) is 88.4 cm³/mol. The number of carbonyl (C=O) groups is 2. The average molecular weight is 340 g/mol. The first-order chi connectivity index (χ1) is 11.0. The third kappa shape index (κ3) is 5.98. The van der Waals surface area contributed by atoms with Gasteiger partial charge in [-0.2, -0.15) is 0 Å². The van der Waals surface area contributed by atoms with Gasteiger partial charge in [-0.15, -0.1) is 0 Å². The number of carbonyl (C=O) groups excluding carboxylic acids is 2. The lowest BCUT2D eigenvalue weighted by Crippen LogP contribution is -2.51. The van der Waals surface area contributed by atoms with Crippen molar-refractivity contribution in [2.45, 2.75) is 45.1 Å². The normalized spacial score (nSPS) is 14.9. The van der Waals surface area contributed by atoms with Crippen LogP contribution in [-0.2, 0) is 4.79 Å². The van der Waals surface area contributed by atoms with E-state index in [1.165, 1.54) is 6.42 Å². The summed E-state index contributed by atoms with van der Waals surface area (Å²) in [5, 5.41) is 3.45. The molecule has 1 aliphatic carbocycles. The summed E-state index contributed by atoms with van der Waals surface area (Å²) in [6.45, 7) is 1.65. The Labute approximate surface area is 140 Å². The zero-order valence-corrected chi connectivity index (χ0v) is 13.9. The van der Waals surface area contributed by atoms with Crippen LogP contribution in [0.25, 0.3) is 0 Å². The van der Waals surface area contributed by atoms with E-state index < -0.39 is 11.9 Å². The highest BCUT2D eigenvalue weighted by Gasteiger charge is 2.15. The smallest absolute Gasteiger partial charge is 0.333 e. The largest absolute Gasteiger partial charge is 0.483 e. The lowest BCUT2D eigenvalue weighted by Gasteiger charge is -2.22. The van der Waals surface area contributed by atoms with E-state index in [1.54, 1.807) is 18.2 Å². The van der Waals surface area contributed by atoms with Gasteiger partial charge < -0.3 is 10.1 Å². The summed E-state index contributed by atoms with van der Waals surface area (Å²) in [6.07, 6.45) is 5.45. The molecule has 7 heteroatoms. The first-order valence-electron chi connectivity index (χ1n) is 7.79. The van der Waals surface area contributed by atoms with Crippen molar-refractivity contribution in [1.29, 1.82) is 0 Å². The number of hydrogen-bond acceptors (Lipinski definition) is 3. The first-order valence-corrected chi connectivity index (χ1v) is 8.16. The maximum atomic E-state index is 11.7. The van der Waals surface area contributed by atoms with Gasteiger partial charge in [0.2, 0.25) is 0 Å². The van der Waals surface area contributed by atoms with Crippen LogP contribution < -0.4 is 20.9 Å². The Morgan fingerprint density at radius 1 is 1.22 bits per heavy atom. The minimum absolute atomic E-state index is 0.188. The van der Waals surface area contributed by atoms with E-state index in [0.29, 0.717) is 10.8 Å². The molecule has 1 aromatic carbocycles. The Bertz CT molecular complexity index is 560. The van der Waals surface area contributed by atoms with Crippen LogP contribution in [0.5, 0.6) is 5.75 Å².